The summed E-state index contributed by atoms with van der Waals surface area (Å²) in [4.78, 5) is 16.8. The molecule has 0 aliphatic carbocycles. The van der Waals surface area contributed by atoms with Crippen molar-refractivity contribution in [2.75, 3.05) is 24.2 Å². The number of carbonyl (C=O) groups is 1. The second-order valence-electron chi connectivity index (χ2n) is 7.03. The molecule has 10 heteroatoms. The molecular formula is C21H24N4O5S. The maximum atomic E-state index is 12.5. The van der Waals surface area contributed by atoms with E-state index in [-0.39, 0.29) is 19.0 Å². The summed E-state index contributed by atoms with van der Waals surface area (Å²) >= 11 is 0. The minimum atomic E-state index is -3.67. The zero-order valence-electron chi connectivity index (χ0n) is 17.7. The van der Waals surface area contributed by atoms with Crippen LogP contribution in [0.2, 0.25) is 0 Å². The normalized spacial score (nSPS) is 11.2. The molecule has 0 atom stereocenters. The van der Waals surface area contributed by atoms with Gasteiger partial charge in [0.2, 0.25) is 27.6 Å². The van der Waals surface area contributed by atoms with Gasteiger partial charge in [0.25, 0.3) is 0 Å². The summed E-state index contributed by atoms with van der Waals surface area (Å²) in [7, 11) is -2.11. The van der Waals surface area contributed by atoms with E-state index < -0.39 is 15.9 Å². The maximum Gasteiger partial charge on any atom is 0.246 e. The van der Waals surface area contributed by atoms with Crippen LogP contribution in [0.3, 0.4) is 0 Å². The summed E-state index contributed by atoms with van der Waals surface area (Å²) in [6, 6.07) is 12.6. The van der Waals surface area contributed by atoms with E-state index in [1.54, 1.807) is 51.3 Å². The third-order valence-corrected chi connectivity index (χ3v) is 5.72. The Balaban J connectivity index is 1.70. The van der Waals surface area contributed by atoms with E-state index >= 15 is 0 Å². The summed E-state index contributed by atoms with van der Waals surface area (Å²) in [5, 5.41) is 6.54. The first-order valence-corrected chi connectivity index (χ1v) is 11.3. The van der Waals surface area contributed by atoms with Crippen LogP contribution >= 0.6 is 0 Å². The number of nitrogens with one attached hydrogen (secondary N) is 1. The molecular weight excluding hydrogens is 420 g/mol. The largest absolute Gasteiger partial charge is 0.497 e. The van der Waals surface area contributed by atoms with Crippen LogP contribution in [0.25, 0.3) is 11.4 Å². The number of methoxy groups -OCH3 is 1. The Labute approximate surface area is 181 Å². The number of carbonyl (C=O) groups excluding carboxylic acids is 1. The van der Waals surface area contributed by atoms with Crippen LogP contribution < -0.4 is 14.4 Å². The predicted molar refractivity (Wildman–Crippen MR) is 116 cm³/mol. The van der Waals surface area contributed by atoms with E-state index in [9.17, 15) is 13.2 Å². The van der Waals surface area contributed by atoms with Crippen molar-refractivity contribution in [1.82, 2.24) is 15.5 Å². The SMILES string of the molecule is COc1cccc(-c2noc(CNC(=O)CN(c3c(C)cccc3C)S(C)(=O)=O)n2)c1. The molecule has 0 spiro atoms. The maximum absolute atomic E-state index is 12.5. The molecule has 0 aliphatic heterocycles. The quantitative estimate of drug-likeness (QED) is 0.567. The fourth-order valence-corrected chi connectivity index (χ4v) is 4.10. The summed E-state index contributed by atoms with van der Waals surface area (Å²) in [5.74, 6) is 0.722. The van der Waals surface area contributed by atoms with Gasteiger partial charge < -0.3 is 14.6 Å². The molecule has 0 unspecified atom stereocenters. The highest BCUT2D eigenvalue weighted by Crippen LogP contribution is 2.26. The number of anilines is 1. The zero-order valence-corrected chi connectivity index (χ0v) is 18.6. The average molecular weight is 445 g/mol. The van der Waals surface area contributed by atoms with Crippen molar-refractivity contribution >= 4 is 21.6 Å². The Morgan fingerprint density at radius 2 is 1.84 bits per heavy atom. The molecule has 1 N–H and O–H groups in total. The van der Waals surface area contributed by atoms with Gasteiger partial charge in [-0.3, -0.25) is 9.10 Å². The van der Waals surface area contributed by atoms with E-state index in [1.807, 2.05) is 12.1 Å². The second kappa shape index (κ2) is 9.17. The number of amides is 1. The van der Waals surface area contributed by atoms with E-state index in [4.69, 9.17) is 9.26 Å². The van der Waals surface area contributed by atoms with Crippen LogP contribution in [0.4, 0.5) is 5.69 Å². The molecule has 0 aliphatic rings. The Bertz CT molecular complexity index is 1170. The third kappa shape index (κ3) is 5.40. The topological polar surface area (TPSA) is 115 Å². The number of hydrogen-bond donors (Lipinski definition) is 1. The van der Waals surface area contributed by atoms with Crippen LogP contribution in [0.1, 0.15) is 17.0 Å². The third-order valence-electron chi connectivity index (χ3n) is 4.61. The van der Waals surface area contributed by atoms with Gasteiger partial charge in [-0.2, -0.15) is 4.98 Å². The Morgan fingerprint density at radius 3 is 2.48 bits per heavy atom. The fraction of sp³-hybridized carbons (Fsp3) is 0.286. The number of aryl methyl sites for hydroxylation is 2. The molecule has 0 radical (unpaired) electrons. The van der Waals surface area contributed by atoms with Gasteiger partial charge in [-0.15, -0.1) is 0 Å². The lowest BCUT2D eigenvalue weighted by atomic mass is 10.1. The Kier molecular flexibility index (Phi) is 6.59. The van der Waals surface area contributed by atoms with Crippen LogP contribution in [-0.4, -0.2) is 44.4 Å². The zero-order chi connectivity index (χ0) is 22.6. The van der Waals surface area contributed by atoms with Gasteiger partial charge in [0.15, 0.2) is 0 Å². The first-order chi connectivity index (χ1) is 14.7. The second-order valence-corrected chi connectivity index (χ2v) is 8.94. The molecule has 1 aromatic heterocycles. The van der Waals surface area contributed by atoms with Gasteiger partial charge in [-0.1, -0.05) is 35.5 Å². The number of nitrogens with zero attached hydrogens (tertiary/aromatic N) is 3. The first-order valence-electron chi connectivity index (χ1n) is 9.46. The van der Waals surface area contributed by atoms with E-state index in [0.29, 0.717) is 22.8 Å². The monoisotopic (exact) mass is 444 g/mol. The van der Waals surface area contributed by atoms with E-state index in [0.717, 1.165) is 21.7 Å². The van der Waals surface area contributed by atoms with Crippen molar-refractivity contribution in [3.05, 3.63) is 59.5 Å². The minimum absolute atomic E-state index is 0.0276. The van der Waals surface area contributed by atoms with Crippen molar-refractivity contribution in [3.8, 4) is 17.1 Å². The number of ether oxygens (including phenoxy) is 1. The smallest absolute Gasteiger partial charge is 0.246 e. The molecule has 1 amide bonds. The number of sulfonamides is 1. The number of rotatable bonds is 8. The average Bonchev–Trinajstić information content (AvgIpc) is 3.20. The number of para-hydroxylation sites is 1. The molecule has 0 fully saturated rings. The highest BCUT2D eigenvalue weighted by molar-refractivity contribution is 7.92. The van der Waals surface area contributed by atoms with E-state index in [2.05, 4.69) is 15.5 Å². The molecule has 0 bridgehead atoms. The van der Waals surface area contributed by atoms with Gasteiger partial charge in [-0.05, 0) is 37.1 Å². The molecule has 164 valence electrons. The fourth-order valence-electron chi connectivity index (χ4n) is 3.13. The molecule has 0 saturated carbocycles. The van der Waals surface area contributed by atoms with Crippen molar-refractivity contribution in [2.45, 2.75) is 20.4 Å². The first kappa shape index (κ1) is 22.3. The molecule has 2 aromatic carbocycles. The molecule has 1 heterocycles. The number of benzene rings is 2. The van der Waals surface area contributed by atoms with Crippen LogP contribution in [0.15, 0.2) is 47.0 Å². The Hall–Kier alpha value is -3.40. The predicted octanol–water partition coefficient (Wildman–Crippen LogP) is 2.44. The van der Waals surface area contributed by atoms with E-state index in [1.165, 1.54) is 0 Å². The van der Waals surface area contributed by atoms with Crippen LogP contribution in [0.5, 0.6) is 5.75 Å². The van der Waals surface area contributed by atoms with Gasteiger partial charge in [0, 0.05) is 5.56 Å². The van der Waals surface area contributed by atoms with Crippen LogP contribution in [0, 0.1) is 13.8 Å². The summed E-state index contributed by atoms with van der Waals surface area (Å²) < 4.78 is 36.2. The molecule has 9 nitrogen and oxygen atoms in total. The lowest BCUT2D eigenvalue weighted by molar-refractivity contribution is -0.119. The highest BCUT2D eigenvalue weighted by atomic mass is 32.2. The van der Waals surface area contributed by atoms with Crippen molar-refractivity contribution in [3.63, 3.8) is 0 Å². The van der Waals surface area contributed by atoms with Crippen molar-refractivity contribution in [2.24, 2.45) is 0 Å². The van der Waals surface area contributed by atoms with Gasteiger partial charge in [0.05, 0.1) is 25.6 Å². The van der Waals surface area contributed by atoms with Crippen molar-refractivity contribution < 1.29 is 22.5 Å². The molecule has 31 heavy (non-hydrogen) atoms. The van der Waals surface area contributed by atoms with Crippen LogP contribution in [-0.2, 0) is 21.4 Å². The standard InChI is InChI=1S/C21H24N4O5S/c1-14-7-5-8-15(2)20(14)25(31(4,27)28)13-18(26)22-12-19-23-21(24-30-19)16-9-6-10-17(11-16)29-3/h5-11H,12-13H2,1-4H3,(H,22,26). The Morgan fingerprint density at radius 1 is 1.16 bits per heavy atom. The summed E-state index contributed by atoms with van der Waals surface area (Å²) in [5.41, 5.74) is 2.73. The van der Waals surface area contributed by atoms with Gasteiger partial charge in [-0.25, -0.2) is 8.42 Å². The molecule has 0 saturated heterocycles. The molecule has 3 rings (SSSR count). The molecule has 3 aromatic rings. The van der Waals surface area contributed by atoms with Gasteiger partial charge >= 0.3 is 0 Å². The number of aromatic nitrogens is 2. The highest BCUT2D eigenvalue weighted by Gasteiger charge is 2.24. The lowest BCUT2D eigenvalue weighted by Crippen LogP contribution is -2.40. The summed E-state index contributed by atoms with van der Waals surface area (Å²) in [6.45, 7) is 3.22. The van der Waals surface area contributed by atoms with Crippen molar-refractivity contribution in [1.29, 1.82) is 0 Å². The van der Waals surface area contributed by atoms with Gasteiger partial charge in [0.1, 0.15) is 12.3 Å². The number of hydrogen-bond acceptors (Lipinski definition) is 7. The summed E-state index contributed by atoms with van der Waals surface area (Å²) in [6.07, 6.45) is 1.07. The lowest BCUT2D eigenvalue weighted by Gasteiger charge is -2.25. The minimum Gasteiger partial charge on any atom is -0.497 e.